The monoisotopic (exact) mass is 335 g/mol. The number of piperidine rings is 3. The molecule has 2 aromatic rings. The average Bonchev–Trinajstić information content (AvgIpc) is 2.67. The zero-order valence-corrected chi connectivity index (χ0v) is 14.3. The normalized spacial score (nSPS) is 27.9. The summed E-state index contributed by atoms with van der Waals surface area (Å²) in [5.41, 5.74) is 2.25. The Labute approximate surface area is 146 Å². The van der Waals surface area contributed by atoms with E-state index in [-0.39, 0.29) is 17.9 Å². The van der Waals surface area contributed by atoms with Crippen molar-refractivity contribution in [1.29, 1.82) is 0 Å². The lowest BCUT2D eigenvalue weighted by Crippen LogP contribution is -2.60. The second-order valence-corrected chi connectivity index (χ2v) is 7.32. The molecule has 128 valence electrons. The molecule has 4 aliphatic heterocycles. The summed E-state index contributed by atoms with van der Waals surface area (Å²) in [6.07, 6.45) is 2.16. The average molecular weight is 335 g/mol. The first-order chi connectivity index (χ1) is 12.2. The SMILES string of the molecule is CNc1ccc2c3c(cccc13)C(=O)N(C1CN3CCC1CC3)C2=O. The predicted octanol–water partition coefficient (Wildman–Crippen LogP) is 2.57. The number of amides is 2. The van der Waals surface area contributed by atoms with Gasteiger partial charge in [0.25, 0.3) is 11.8 Å². The van der Waals surface area contributed by atoms with Crippen LogP contribution in [0.3, 0.4) is 0 Å². The maximum Gasteiger partial charge on any atom is 0.261 e. The van der Waals surface area contributed by atoms with Gasteiger partial charge in [-0.25, -0.2) is 0 Å². The summed E-state index contributed by atoms with van der Waals surface area (Å²) >= 11 is 0. The third kappa shape index (κ3) is 1.99. The molecule has 2 bridgehead atoms. The topological polar surface area (TPSA) is 52.7 Å². The van der Waals surface area contributed by atoms with Crippen molar-refractivity contribution in [3.63, 3.8) is 0 Å². The maximum absolute atomic E-state index is 13.3. The predicted molar refractivity (Wildman–Crippen MR) is 96.9 cm³/mol. The summed E-state index contributed by atoms with van der Waals surface area (Å²) in [5.74, 6) is 0.181. The molecule has 1 atom stereocenters. The Bertz CT molecular complexity index is 877. The maximum atomic E-state index is 13.3. The molecule has 3 saturated heterocycles. The van der Waals surface area contributed by atoms with E-state index in [1.807, 2.05) is 37.4 Å². The van der Waals surface area contributed by atoms with Gasteiger partial charge < -0.3 is 10.2 Å². The lowest BCUT2D eigenvalue weighted by Gasteiger charge is -2.49. The number of nitrogens with zero attached hydrogens (tertiary/aromatic N) is 2. The minimum Gasteiger partial charge on any atom is -0.388 e. The highest BCUT2D eigenvalue weighted by Gasteiger charge is 2.44. The molecular formula is C20H21N3O2. The smallest absolute Gasteiger partial charge is 0.261 e. The molecule has 2 aromatic carbocycles. The van der Waals surface area contributed by atoms with Crippen LogP contribution in [-0.4, -0.2) is 54.3 Å². The van der Waals surface area contributed by atoms with Crippen LogP contribution in [0, 0.1) is 5.92 Å². The Kier molecular flexibility index (Phi) is 3.16. The van der Waals surface area contributed by atoms with Crippen LogP contribution in [0.25, 0.3) is 10.8 Å². The molecule has 25 heavy (non-hydrogen) atoms. The van der Waals surface area contributed by atoms with Crippen LogP contribution in [0.4, 0.5) is 5.69 Å². The molecule has 0 radical (unpaired) electrons. The first kappa shape index (κ1) is 14.9. The van der Waals surface area contributed by atoms with E-state index in [2.05, 4.69) is 10.2 Å². The van der Waals surface area contributed by atoms with Gasteiger partial charge >= 0.3 is 0 Å². The zero-order chi connectivity index (χ0) is 17.1. The molecule has 1 unspecified atom stereocenters. The number of imide groups is 1. The number of hydrogen-bond donors (Lipinski definition) is 1. The second-order valence-electron chi connectivity index (χ2n) is 7.32. The van der Waals surface area contributed by atoms with Gasteiger partial charge in [-0.15, -0.1) is 0 Å². The van der Waals surface area contributed by atoms with Crippen molar-refractivity contribution in [3.8, 4) is 0 Å². The molecule has 4 heterocycles. The van der Waals surface area contributed by atoms with Crippen molar-refractivity contribution in [2.45, 2.75) is 18.9 Å². The summed E-state index contributed by atoms with van der Waals surface area (Å²) in [5, 5.41) is 4.89. The number of carbonyl (C=O) groups is 2. The van der Waals surface area contributed by atoms with Gasteiger partial charge in [0.1, 0.15) is 0 Å². The van der Waals surface area contributed by atoms with Gasteiger partial charge in [0.2, 0.25) is 0 Å². The van der Waals surface area contributed by atoms with E-state index in [4.69, 9.17) is 0 Å². The summed E-state index contributed by atoms with van der Waals surface area (Å²) in [7, 11) is 1.86. The van der Waals surface area contributed by atoms with E-state index in [0.29, 0.717) is 17.0 Å². The van der Waals surface area contributed by atoms with Crippen LogP contribution in [0.2, 0.25) is 0 Å². The van der Waals surface area contributed by atoms with Gasteiger partial charge in [-0.3, -0.25) is 14.5 Å². The standard InChI is InChI=1S/C20H21N3O2/c1-21-16-6-5-15-18-13(16)3-2-4-14(18)19(24)23(20(15)25)17-11-22-9-7-12(17)8-10-22/h2-6,12,17,21H,7-11H2,1H3. The van der Waals surface area contributed by atoms with Crippen LogP contribution in [-0.2, 0) is 0 Å². The third-order valence-corrected chi connectivity index (χ3v) is 6.16. The molecule has 5 heteroatoms. The Balaban J connectivity index is 1.66. The number of benzene rings is 2. The van der Waals surface area contributed by atoms with Crippen LogP contribution >= 0.6 is 0 Å². The van der Waals surface area contributed by atoms with Crippen molar-refractivity contribution in [2.75, 3.05) is 32.0 Å². The fourth-order valence-electron chi connectivity index (χ4n) is 4.86. The third-order valence-electron chi connectivity index (χ3n) is 6.16. The number of nitrogens with one attached hydrogen (secondary N) is 1. The summed E-state index contributed by atoms with van der Waals surface area (Å²) in [6.45, 7) is 3.01. The van der Waals surface area contributed by atoms with Gasteiger partial charge in [-0.2, -0.15) is 0 Å². The molecule has 0 aliphatic carbocycles. The Morgan fingerprint density at radius 3 is 2.36 bits per heavy atom. The minimum atomic E-state index is -0.130. The van der Waals surface area contributed by atoms with Crippen LogP contribution in [0.5, 0.6) is 0 Å². The van der Waals surface area contributed by atoms with Crippen molar-refractivity contribution in [2.24, 2.45) is 5.92 Å². The molecule has 3 fully saturated rings. The summed E-state index contributed by atoms with van der Waals surface area (Å²) in [4.78, 5) is 30.5. The first-order valence-electron chi connectivity index (χ1n) is 9.03. The minimum absolute atomic E-state index is 0.00915. The molecule has 0 aromatic heterocycles. The lowest BCUT2D eigenvalue weighted by molar-refractivity contribution is 0.00882. The van der Waals surface area contributed by atoms with Crippen molar-refractivity contribution >= 4 is 28.3 Å². The molecule has 1 N–H and O–H groups in total. The summed E-state index contributed by atoms with van der Waals surface area (Å²) < 4.78 is 0. The second kappa shape index (κ2) is 5.30. The van der Waals surface area contributed by atoms with E-state index < -0.39 is 0 Å². The number of carbonyl (C=O) groups excluding carboxylic acids is 2. The highest BCUT2D eigenvalue weighted by molar-refractivity contribution is 6.26. The van der Waals surface area contributed by atoms with Crippen LogP contribution in [0.15, 0.2) is 30.3 Å². The van der Waals surface area contributed by atoms with E-state index in [1.54, 1.807) is 4.90 Å². The number of hydrogen-bond acceptors (Lipinski definition) is 4. The van der Waals surface area contributed by atoms with Gasteiger partial charge in [-0.1, -0.05) is 12.1 Å². The Morgan fingerprint density at radius 1 is 1.00 bits per heavy atom. The van der Waals surface area contributed by atoms with Gasteiger partial charge in [-0.05, 0) is 50.0 Å². The lowest BCUT2D eigenvalue weighted by atomic mass is 9.81. The van der Waals surface area contributed by atoms with E-state index in [0.717, 1.165) is 48.9 Å². The van der Waals surface area contributed by atoms with E-state index >= 15 is 0 Å². The highest BCUT2D eigenvalue weighted by atomic mass is 16.2. The fourth-order valence-corrected chi connectivity index (χ4v) is 4.86. The number of fused-ring (bicyclic) bond motifs is 3. The Morgan fingerprint density at radius 2 is 1.72 bits per heavy atom. The van der Waals surface area contributed by atoms with Gasteiger partial charge in [0.05, 0.1) is 6.04 Å². The summed E-state index contributed by atoms with van der Waals surface area (Å²) in [6, 6.07) is 9.54. The van der Waals surface area contributed by atoms with Gasteiger partial charge in [0, 0.05) is 41.2 Å². The molecule has 4 aliphatic rings. The highest BCUT2D eigenvalue weighted by Crippen LogP contribution is 2.38. The zero-order valence-electron chi connectivity index (χ0n) is 14.3. The van der Waals surface area contributed by atoms with Crippen molar-refractivity contribution < 1.29 is 9.59 Å². The van der Waals surface area contributed by atoms with E-state index in [9.17, 15) is 9.59 Å². The molecule has 6 rings (SSSR count). The van der Waals surface area contributed by atoms with Gasteiger partial charge in [0.15, 0.2) is 0 Å². The van der Waals surface area contributed by atoms with Crippen molar-refractivity contribution in [1.82, 2.24) is 9.80 Å². The Hall–Kier alpha value is -2.40. The molecular weight excluding hydrogens is 314 g/mol. The molecule has 2 amide bonds. The van der Waals surface area contributed by atoms with Crippen LogP contribution < -0.4 is 5.32 Å². The van der Waals surface area contributed by atoms with Crippen LogP contribution in [0.1, 0.15) is 33.6 Å². The first-order valence-corrected chi connectivity index (χ1v) is 9.03. The van der Waals surface area contributed by atoms with E-state index in [1.165, 1.54) is 0 Å². The van der Waals surface area contributed by atoms with Crippen molar-refractivity contribution in [3.05, 3.63) is 41.5 Å². The number of anilines is 1. The molecule has 0 spiro atoms. The largest absolute Gasteiger partial charge is 0.388 e. The number of rotatable bonds is 2. The molecule has 5 nitrogen and oxygen atoms in total. The fraction of sp³-hybridized carbons (Fsp3) is 0.400. The quantitative estimate of drug-likeness (QED) is 0.857. The molecule has 0 saturated carbocycles.